The van der Waals surface area contributed by atoms with Gasteiger partial charge in [-0.05, 0) is 58.9 Å². The first-order valence-corrected chi connectivity index (χ1v) is 15.1. The lowest BCUT2D eigenvalue weighted by molar-refractivity contribution is 0.0221. The van der Waals surface area contributed by atoms with Crippen LogP contribution < -0.4 is 10.3 Å². The number of hydrogen-bond acceptors (Lipinski definition) is 9. The molecule has 0 atom stereocenters. The van der Waals surface area contributed by atoms with Crippen molar-refractivity contribution in [1.82, 2.24) is 19.4 Å². The number of esters is 1. The second-order valence-corrected chi connectivity index (χ2v) is 12.6. The molecule has 0 saturated heterocycles. The van der Waals surface area contributed by atoms with Crippen molar-refractivity contribution in [3.8, 4) is 16.9 Å². The number of benzene rings is 1. The van der Waals surface area contributed by atoms with Crippen molar-refractivity contribution in [1.29, 1.82) is 0 Å². The number of thiophene rings is 1. The molecule has 10 nitrogen and oxygen atoms in total. The number of rotatable bonds is 6. The highest BCUT2D eigenvalue weighted by molar-refractivity contribution is 7.18. The van der Waals surface area contributed by atoms with Gasteiger partial charge >= 0.3 is 12.1 Å². The van der Waals surface area contributed by atoms with Crippen molar-refractivity contribution in [3.05, 3.63) is 73.4 Å². The third-order valence-electron chi connectivity index (χ3n) is 7.02. The first-order valence-electron chi connectivity index (χ1n) is 13.8. The molecule has 1 aromatic carbocycles. The molecule has 1 amide bonds. The number of pyridine rings is 1. The van der Waals surface area contributed by atoms with Crippen LogP contribution in [0.2, 0.25) is 5.02 Å². The first kappa shape index (κ1) is 30.5. The molecule has 3 aromatic heterocycles. The number of fused-ring (bicyclic) bond motifs is 2. The van der Waals surface area contributed by atoms with E-state index in [0.29, 0.717) is 51.9 Å². The topological polar surface area (TPSA) is 113 Å². The second-order valence-electron chi connectivity index (χ2n) is 11.3. The molecule has 1 aliphatic rings. The molecule has 0 N–H and O–H groups in total. The standard InChI is InChI=1S/C31H33ClN4O6S/c1-17-13-21(27-26(33-17)23(16-43-27)29(38)40-6)20-14-19(32)7-8-25(20)41-12-11-36-18(2)34-24-9-10-35(15-22(24)28(36)37)30(39)42-31(3,4)5/h7-8,13-14,16H,9-12,15H2,1-6H3. The highest BCUT2D eigenvalue weighted by Gasteiger charge is 2.29. The molecule has 43 heavy (non-hydrogen) atoms. The minimum absolute atomic E-state index is 0.143. The van der Waals surface area contributed by atoms with Crippen molar-refractivity contribution in [2.75, 3.05) is 20.3 Å². The fourth-order valence-electron chi connectivity index (χ4n) is 5.06. The van der Waals surface area contributed by atoms with Crippen molar-refractivity contribution in [2.45, 2.75) is 59.7 Å². The summed E-state index contributed by atoms with van der Waals surface area (Å²) < 4.78 is 19.1. The number of aromatic nitrogens is 3. The summed E-state index contributed by atoms with van der Waals surface area (Å²) in [6, 6.07) is 7.26. The third kappa shape index (κ3) is 6.37. The van der Waals surface area contributed by atoms with Crippen molar-refractivity contribution in [3.63, 3.8) is 0 Å². The predicted molar refractivity (Wildman–Crippen MR) is 165 cm³/mol. The fraction of sp³-hybridized carbons (Fsp3) is 0.387. The molecule has 0 bridgehead atoms. The van der Waals surface area contributed by atoms with E-state index >= 15 is 0 Å². The average Bonchev–Trinajstić information content (AvgIpc) is 3.37. The van der Waals surface area contributed by atoms with Crippen LogP contribution in [0, 0.1) is 13.8 Å². The Bertz CT molecular complexity index is 1790. The van der Waals surface area contributed by atoms with Crippen LogP contribution in [0.3, 0.4) is 0 Å². The zero-order valence-electron chi connectivity index (χ0n) is 24.9. The molecule has 0 unspecified atom stereocenters. The molecule has 0 radical (unpaired) electrons. The van der Waals surface area contributed by atoms with E-state index in [9.17, 15) is 14.4 Å². The number of halogens is 1. The number of amides is 1. The lowest BCUT2D eigenvalue weighted by Crippen LogP contribution is -2.43. The van der Waals surface area contributed by atoms with E-state index in [0.717, 1.165) is 21.5 Å². The molecule has 0 spiro atoms. The number of ether oxygens (including phenoxy) is 3. The summed E-state index contributed by atoms with van der Waals surface area (Å²) >= 11 is 7.80. The van der Waals surface area contributed by atoms with E-state index in [4.69, 9.17) is 25.8 Å². The third-order valence-corrected chi connectivity index (χ3v) is 8.26. The summed E-state index contributed by atoms with van der Waals surface area (Å²) in [5.74, 6) is 0.693. The summed E-state index contributed by atoms with van der Waals surface area (Å²) in [6.45, 7) is 10.1. The molecule has 12 heteroatoms. The molecule has 4 aromatic rings. The molecule has 1 aliphatic heterocycles. The van der Waals surface area contributed by atoms with Crippen molar-refractivity contribution in [2.24, 2.45) is 0 Å². The van der Waals surface area contributed by atoms with Crippen LogP contribution in [-0.2, 0) is 29.0 Å². The average molecular weight is 625 g/mol. The van der Waals surface area contributed by atoms with Gasteiger partial charge in [-0.3, -0.25) is 14.3 Å². The van der Waals surface area contributed by atoms with Gasteiger partial charge in [-0.2, -0.15) is 0 Å². The Morgan fingerprint density at radius 3 is 2.60 bits per heavy atom. The second kappa shape index (κ2) is 12.0. The zero-order chi connectivity index (χ0) is 31.1. The smallest absolute Gasteiger partial charge is 0.410 e. The van der Waals surface area contributed by atoms with E-state index in [2.05, 4.69) is 9.97 Å². The van der Waals surface area contributed by atoms with Gasteiger partial charge in [0.05, 0.1) is 47.2 Å². The van der Waals surface area contributed by atoms with E-state index in [-0.39, 0.29) is 25.3 Å². The Balaban J connectivity index is 1.40. The van der Waals surface area contributed by atoms with Gasteiger partial charge in [0, 0.05) is 40.2 Å². The summed E-state index contributed by atoms with van der Waals surface area (Å²) in [4.78, 5) is 49.4. The predicted octanol–water partition coefficient (Wildman–Crippen LogP) is 5.95. The number of carbonyl (C=O) groups excluding carboxylic acids is 2. The fourth-order valence-corrected chi connectivity index (χ4v) is 6.23. The minimum atomic E-state index is -0.630. The van der Waals surface area contributed by atoms with Crippen LogP contribution in [0.15, 0.2) is 34.4 Å². The Kier molecular flexibility index (Phi) is 8.49. The maximum atomic E-state index is 13.6. The molecule has 226 valence electrons. The summed E-state index contributed by atoms with van der Waals surface area (Å²) in [5.41, 5.74) is 3.61. The van der Waals surface area contributed by atoms with E-state index in [1.165, 1.54) is 18.4 Å². The van der Waals surface area contributed by atoms with Gasteiger partial charge in [0.15, 0.2) is 0 Å². The van der Waals surface area contributed by atoms with Gasteiger partial charge in [-0.1, -0.05) is 11.6 Å². The molecule has 0 fully saturated rings. The molecule has 4 heterocycles. The van der Waals surface area contributed by atoms with E-state index < -0.39 is 17.7 Å². The molecule has 0 aliphatic carbocycles. The Hall–Kier alpha value is -3.96. The number of hydrogen-bond donors (Lipinski definition) is 0. The molecular formula is C31H33ClN4O6S. The zero-order valence-corrected chi connectivity index (χ0v) is 26.5. The van der Waals surface area contributed by atoms with E-state index in [1.807, 2.05) is 39.8 Å². The maximum Gasteiger partial charge on any atom is 0.410 e. The van der Waals surface area contributed by atoms with Gasteiger partial charge in [0.1, 0.15) is 23.8 Å². The normalized spacial score (nSPS) is 13.1. The Labute approximate surface area is 258 Å². The molecule has 5 rings (SSSR count). The van der Waals surface area contributed by atoms with Crippen molar-refractivity contribution < 1.29 is 23.8 Å². The molecular weight excluding hydrogens is 592 g/mol. The number of methoxy groups -OCH3 is 1. The summed E-state index contributed by atoms with van der Waals surface area (Å²) in [7, 11) is 1.34. The Morgan fingerprint density at radius 1 is 1.12 bits per heavy atom. The van der Waals surface area contributed by atoms with Crippen molar-refractivity contribution >= 4 is 45.2 Å². The number of nitrogens with zero attached hydrogens (tertiary/aromatic N) is 4. The summed E-state index contributed by atoms with van der Waals surface area (Å²) in [5, 5.41) is 2.26. The molecule has 0 saturated carbocycles. The highest BCUT2D eigenvalue weighted by atomic mass is 35.5. The largest absolute Gasteiger partial charge is 0.491 e. The minimum Gasteiger partial charge on any atom is -0.491 e. The monoisotopic (exact) mass is 624 g/mol. The number of aryl methyl sites for hydroxylation is 2. The van der Waals surface area contributed by atoms with Crippen LogP contribution in [0.25, 0.3) is 21.3 Å². The number of carbonyl (C=O) groups is 2. The lowest BCUT2D eigenvalue weighted by atomic mass is 10.0. The van der Waals surface area contributed by atoms with Crippen LogP contribution >= 0.6 is 22.9 Å². The highest BCUT2D eigenvalue weighted by Crippen LogP contribution is 2.40. The first-order chi connectivity index (χ1) is 20.4. The Morgan fingerprint density at radius 2 is 1.88 bits per heavy atom. The van der Waals surface area contributed by atoms with Crippen LogP contribution in [0.5, 0.6) is 5.75 Å². The van der Waals surface area contributed by atoms with Gasteiger partial charge in [0.2, 0.25) is 0 Å². The van der Waals surface area contributed by atoms with E-state index in [1.54, 1.807) is 33.9 Å². The van der Waals surface area contributed by atoms with Crippen LogP contribution in [0.4, 0.5) is 4.79 Å². The van der Waals surface area contributed by atoms with Gasteiger partial charge < -0.3 is 19.1 Å². The quantitative estimate of drug-likeness (QED) is 0.242. The lowest BCUT2D eigenvalue weighted by Gasteiger charge is -2.31. The maximum absolute atomic E-state index is 13.6. The van der Waals surface area contributed by atoms with Crippen LogP contribution in [0.1, 0.15) is 53.9 Å². The van der Waals surface area contributed by atoms with Gasteiger partial charge in [-0.15, -0.1) is 11.3 Å². The van der Waals surface area contributed by atoms with Crippen LogP contribution in [-0.4, -0.2) is 57.4 Å². The van der Waals surface area contributed by atoms with Gasteiger partial charge in [-0.25, -0.2) is 14.6 Å². The summed E-state index contributed by atoms with van der Waals surface area (Å²) in [6.07, 6.45) is 0.0317. The van der Waals surface area contributed by atoms with Gasteiger partial charge in [0.25, 0.3) is 5.56 Å². The SMILES string of the molecule is COC(=O)c1csc2c(-c3cc(Cl)ccc3OCCn3c(C)nc4c(c3=O)CN(C(=O)OC(C)(C)C)CC4)cc(C)nc12.